The van der Waals surface area contributed by atoms with Crippen LogP contribution in [0.3, 0.4) is 0 Å². The summed E-state index contributed by atoms with van der Waals surface area (Å²) in [6.45, 7) is 6.25. The quantitative estimate of drug-likeness (QED) is 0.0200. The van der Waals surface area contributed by atoms with Gasteiger partial charge in [-0.15, -0.1) is 0 Å². The highest BCUT2D eigenvalue weighted by atomic mass is 16.6. The first-order valence-electron chi connectivity index (χ1n) is 25.1. The van der Waals surface area contributed by atoms with Gasteiger partial charge in [0.1, 0.15) is 13.2 Å². The highest BCUT2D eigenvalue weighted by Gasteiger charge is 2.19. The van der Waals surface area contributed by atoms with Gasteiger partial charge in [-0.3, -0.25) is 14.4 Å². The standard InChI is InChI=1S/C57H90O6/c1-4-7-10-13-16-19-22-25-27-28-30-32-35-38-41-44-47-50-56(59)62-53-54(52-61-55(58)49-46-43-40-37-34-31-24-21-18-15-12-9-6-3)63-57(60)51-48-45-42-39-36-33-29-26-23-20-17-14-11-8-5-2/h8-9,11-12,14-15,17-18,20-21,23-27,29-30,32,38,41,54H,4-7,10,13,16,19,22,28,31,33-37,39-40,42-53H2,1-3H3/b11-8+,12-9+,17-14+,18-15+,23-20+,24-21+,27-25+,29-26+,32-30+,41-38+. The van der Waals surface area contributed by atoms with Gasteiger partial charge in [0.2, 0.25) is 0 Å². The molecule has 0 fully saturated rings. The monoisotopic (exact) mass is 871 g/mol. The first kappa shape index (κ1) is 58.8. The van der Waals surface area contributed by atoms with Gasteiger partial charge in [0.05, 0.1) is 0 Å². The zero-order valence-electron chi connectivity index (χ0n) is 40.3. The number of allylic oxidation sites excluding steroid dienone is 20. The Balaban J connectivity index is 4.56. The minimum atomic E-state index is -0.822. The molecule has 354 valence electrons. The van der Waals surface area contributed by atoms with Gasteiger partial charge in [0, 0.05) is 19.3 Å². The van der Waals surface area contributed by atoms with E-state index < -0.39 is 6.10 Å². The van der Waals surface area contributed by atoms with E-state index in [0.717, 1.165) is 109 Å². The maximum Gasteiger partial charge on any atom is 0.306 e. The number of hydrogen-bond acceptors (Lipinski definition) is 6. The van der Waals surface area contributed by atoms with Crippen molar-refractivity contribution in [3.8, 4) is 0 Å². The fraction of sp³-hybridized carbons (Fsp3) is 0.596. The molecule has 0 aromatic rings. The second-order valence-electron chi connectivity index (χ2n) is 16.1. The Morgan fingerprint density at radius 2 is 0.698 bits per heavy atom. The van der Waals surface area contributed by atoms with Crippen LogP contribution >= 0.6 is 0 Å². The van der Waals surface area contributed by atoms with Crippen LogP contribution in [-0.4, -0.2) is 37.2 Å². The van der Waals surface area contributed by atoms with Crippen molar-refractivity contribution in [3.63, 3.8) is 0 Å². The van der Waals surface area contributed by atoms with Gasteiger partial charge in [-0.05, 0) is 89.9 Å². The molecule has 0 aliphatic heterocycles. The van der Waals surface area contributed by atoms with E-state index in [2.05, 4.69) is 112 Å². The molecule has 0 radical (unpaired) electrons. The van der Waals surface area contributed by atoms with Crippen molar-refractivity contribution in [2.45, 2.75) is 207 Å². The van der Waals surface area contributed by atoms with E-state index >= 15 is 0 Å². The summed E-state index contributed by atoms with van der Waals surface area (Å²) in [5.74, 6) is -1.02. The highest BCUT2D eigenvalue weighted by Crippen LogP contribution is 2.12. The van der Waals surface area contributed by atoms with E-state index in [1.807, 2.05) is 30.4 Å². The molecular weight excluding hydrogens is 781 g/mol. The molecule has 6 heteroatoms. The molecule has 0 spiro atoms. The van der Waals surface area contributed by atoms with Crippen molar-refractivity contribution in [1.29, 1.82) is 0 Å². The molecule has 0 N–H and O–H groups in total. The molecule has 0 aliphatic carbocycles. The molecule has 0 saturated carbocycles. The number of unbranched alkanes of at least 4 members (excludes halogenated alkanes) is 17. The van der Waals surface area contributed by atoms with Crippen LogP contribution in [0.4, 0.5) is 0 Å². The Morgan fingerprint density at radius 1 is 0.349 bits per heavy atom. The lowest BCUT2D eigenvalue weighted by atomic mass is 10.1. The molecule has 63 heavy (non-hydrogen) atoms. The number of carbonyl (C=O) groups excluding carboxylic acids is 3. The molecule has 0 heterocycles. The molecule has 1 unspecified atom stereocenters. The first-order valence-corrected chi connectivity index (χ1v) is 25.1. The van der Waals surface area contributed by atoms with Crippen LogP contribution in [0.1, 0.15) is 201 Å². The maximum absolute atomic E-state index is 12.8. The molecule has 0 amide bonds. The predicted octanol–water partition coefficient (Wildman–Crippen LogP) is 16.5. The third-order valence-corrected chi connectivity index (χ3v) is 10.1. The normalized spacial score (nSPS) is 13.1. The van der Waals surface area contributed by atoms with Crippen molar-refractivity contribution in [3.05, 3.63) is 122 Å². The van der Waals surface area contributed by atoms with Gasteiger partial charge in [0.15, 0.2) is 6.10 Å². The summed E-state index contributed by atoms with van der Waals surface area (Å²) in [4.78, 5) is 37.9. The van der Waals surface area contributed by atoms with Crippen LogP contribution in [0.2, 0.25) is 0 Å². The summed E-state index contributed by atoms with van der Waals surface area (Å²) in [6.07, 6.45) is 69.0. The number of rotatable bonds is 43. The lowest BCUT2D eigenvalue weighted by Crippen LogP contribution is -2.30. The third kappa shape index (κ3) is 48.7. The van der Waals surface area contributed by atoms with E-state index in [-0.39, 0.29) is 44.0 Å². The van der Waals surface area contributed by atoms with Crippen LogP contribution in [0.25, 0.3) is 0 Å². The molecule has 0 rings (SSSR count). The largest absolute Gasteiger partial charge is 0.462 e. The maximum atomic E-state index is 12.8. The Labute approximate surface area is 386 Å². The number of carbonyl (C=O) groups is 3. The molecule has 0 aromatic heterocycles. The molecule has 0 saturated heterocycles. The van der Waals surface area contributed by atoms with Gasteiger partial charge >= 0.3 is 17.9 Å². The van der Waals surface area contributed by atoms with Gasteiger partial charge in [-0.2, -0.15) is 0 Å². The molecule has 0 aliphatic rings. The van der Waals surface area contributed by atoms with E-state index in [4.69, 9.17) is 14.2 Å². The lowest BCUT2D eigenvalue weighted by Gasteiger charge is -2.18. The minimum absolute atomic E-state index is 0.118. The van der Waals surface area contributed by atoms with Crippen molar-refractivity contribution in [1.82, 2.24) is 0 Å². The van der Waals surface area contributed by atoms with Crippen LogP contribution in [0, 0.1) is 0 Å². The van der Waals surface area contributed by atoms with Crippen molar-refractivity contribution in [2.75, 3.05) is 13.2 Å². The van der Waals surface area contributed by atoms with Crippen molar-refractivity contribution >= 4 is 17.9 Å². The zero-order chi connectivity index (χ0) is 45.8. The molecule has 1 atom stereocenters. The fourth-order valence-corrected chi connectivity index (χ4v) is 6.35. The van der Waals surface area contributed by atoms with Crippen LogP contribution in [-0.2, 0) is 28.6 Å². The number of ether oxygens (including phenoxy) is 3. The van der Waals surface area contributed by atoms with E-state index in [0.29, 0.717) is 12.8 Å². The predicted molar refractivity (Wildman–Crippen MR) is 269 cm³/mol. The zero-order valence-corrected chi connectivity index (χ0v) is 40.3. The second kappa shape index (κ2) is 50.5. The van der Waals surface area contributed by atoms with Crippen molar-refractivity contribution < 1.29 is 28.6 Å². The van der Waals surface area contributed by atoms with Gasteiger partial charge in [0.25, 0.3) is 0 Å². The summed E-state index contributed by atoms with van der Waals surface area (Å²) in [7, 11) is 0. The Bertz CT molecular complexity index is 1370. The van der Waals surface area contributed by atoms with E-state index in [9.17, 15) is 14.4 Å². The van der Waals surface area contributed by atoms with Crippen LogP contribution < -0.4 is 0 Å². The molecule has 0 bridgehead atoms. The van der Waals surface area contributed by atoms with Crippen LogP contribution in [0.15, 0.2) is 122 Å². The van der Waals surface area contributed by atoms with Gasteiger partial charge in [-0.25, -0.2) is 0 Å². The average Bonchev–Trinajstić information content (AvgIpc) is 3.28. The summed E-state index contributed by atoms with van der Waals surface area (Å²) in [5.41, 5.74) is 0. The number of hydrogen-bond donors (Lipinski definition) is 0. The number of esters is 3. The fourth-order valence-electron chi connectivity index (χ4n) is 6.35. The lowest BCUT2D eigenvalue weighted by molar-refractivity contribution is -0.167. The molecule has 0 aromatic carbocycles. The van der Waals surface area contributed by atoms with Gasteiger partial charge in [-0.1, -0.05) is 213 Å². The summed E-state index contributed by atoms with van der Waals surface area (Å²) >= 11 is 0. The summed E-state index contributed by atoms with van der Waals surface area (Å²) < 4.78 is 16.7. The van der Waals surface area contributed by atoms with Gasteiger partial charge < -0.3 is 14.2 Å². The SMILES string of the molecule is CC/C=C/C=C/C=C/C=C/CCCCCCCC(=O)OC(COC(=O)CCC/C=C/C/C=C/C/C=C/CCCCCCCC)COC(=O)CCCCCCC/C=C/C=C/C=C/CC. The summed E-state index contributed by atoms with van der Waals surface area (Å²) in [6, 6.07) is 0. The third-order valence-electron chi connectivity index (χ3n) is 10.1. The van der Waals surface area contributed by atoms with E-state index in [1.165, 1.54) is 44.9 Å². The Kier molecular flexibility index (Phi) is 47.1. The molecular formula is C57H90O6. The van der Waals surface area contributed by atoms with Crippen LogP contribution in [0.5, 0.6) is 0 Å². The highest BCUT2D eigenvalue weighted by molar-refractivity contribution is 5.71. The Hall–Kier alpha value is -4.19. The second-order valence-corrected chi connectivity index (χ2v) is 16.1. The topological polar surface area (TPSA) is 78.9 Å². The average molecular weight is 871 g/mol. The smallest absolute Gasteiger partial charge is 0.306 e. The van der Waals surface area contributed by atoms with Crippen molar-refractivity contribution in [2.24, 2.45) is 0 Å². The minimum Gasteiger partial charge on any atom is -0.462 e. The first-order chi connectivity index (χ1) is 31.0. The van der Waals surface area contributed by atoms with E-state index in [1.54, 1.807) is 0 Å². The summed E-state index contributed by atoms with van der Waals surface area (Å²) in [5, 5.41) is 0. The molecule has 6 nitrogen and oxygen atoms in total. The Morgan fingerprint density at radius 3 is 1.17 bits per heavy atom.